The van der Waals surface area contributed by atoms with Crippen molar-refractivity contribution in [3.63, 3.8) is 0 Å². The molecule has 0 atom stereocenters. The Morgan fingerprint density at radius 2 is 1.77 bits per heavy atom. The number of aryl methyl sites for hydroxylation is 2. The summed E-state index contributed by atoms with van der Waals surface area (Å²) < 4.78 is 3.54. The van der Waals surface area contributed by atoms with Gasteiger partial charge in [-0.05, 0) is 113 Å². The van der Waals surface area contributed by atoms with E-state index in [1.807, 2.05) is 77.4 Å². The van der Waals surface area contributed by atoms with Crippen LogP contribution in [0.25, 0.3) is 17.1 Å². The first-order valence-corrected chi connectivity index (χ1v) is 13.7. The average molecular weight is 709 g/mol. The van der Waals surface area contributed by atoms with Gasteiger partial charge in [0.1, 0.15) is 5.69 Å². The van der Waals surface area contributed by atoms with Crippen LogP contribution in [0.2, 0.25) is 0 Å². The number of H-pyrrole nitrogens is 1. The quantitative estimate of drug-likeness (QED) is 0.0973. The number of carbonyl (C=O) groups is 1. The number of carbonyl (C=O) groups excluding carboxylic acids is 1. The Bertz CT molecular complexity index is 1390. The topological polar surface area (TPSA) is 97.1 Å². The molecule has 0 radical (unpaired) electrons. The molecule has 10 heteroatoms. The third kappa shape index (κ3) is 6.41. The van der Waals surface area contributed by atoms with Gasteiger partial charge < -0.3 is 5.11 Å². The van der Waals surface area contributed by atoms with E-state index in [0.717, 1.165) is 26.2 Å². The van der Waals surface area contributed by atoms with Crippen molar-refractivity contribution < 1.29 is 14.5 Å². The summed E-state index contributed by atoms with van der Waals surface area (Å²) in [6, 6.07) is 19.9. The van der Waals surface area contributed by atoms with Gasteiger partial charge in [0.25, 0.3) is 11.7 Å². The number of nitrogens with zero attached hydrogens (tertiary/aromatic N) is 3. The van der Waals surface area contributed by atoms with E-state index in [0.29, 0.717) is 14.3 Å². The highest BCUT2D eigenvalue weighted by molar-refractivity contribution is 14.1. The number of aromatic nitrogens is 3. The van der Waals surface area contributed by atoms with E-state index in [2.05, 4.69) is 55.4 Å². The highest BCUT2D eigenvalue weighted by Gasteiger charge is 2.24. The lowest BCUT2D eigenvalue weighted by Gasteiger charge is -2.13. The van der Waals surface area contributed by atoms with Crippen molar-refractivity contribution in [2.75, 3.05) is 5.75 Å². The molecule has 178 valence electrons. The second-order valence-electron chi connectivity index (χ2n) is 7.78. The number of halogens is 2. The highest BCUT2D eigenvalue weighted by atomic mass is 127. The fourth-order valence-corrected chi connectivity index (χ4v) is 5.89. The van der Waals surface area contributed by atoms with Gasteiger partial charge in [-0.1, -0.05) is 41.1 Å². The van der Waals surface area contributed by atoms with Gasteiger partial charge in [-0.15, -0.1) is 5.10 Å². The number of aromatic amines is 1. The smallest absolute Gasteiger partial charge is 0.342 e. The van der Waals surface area contributed by atoms with Gasteiger partial charge in [0, 0.05) is 7.14 Å². The van der Waals surface area contributed by atoms with Crippen LogP contribution in [0.4, 0.5) is 0 Å². The summed E-state index contributed by atoms with van der Waals surface area (Å²) in [5.41, 5.74) is 7.19. The molecule has 0 aliphatic heterocycles. The fraction of sp³-hybridized carbons (Fsp3) is 0.120. The van der Waals surface area contributed by atoms with Gasteiger partial charge in [0.2, 0.25) is 0 Å². The van der Waals surface area contributed by atoms with Gasteiger partial charge in [-0.3, -0.25) is 4.79 Å². The number of amides is 1. The van der Waals surface area contributed by atoms with Crippen LogP contribution >= 0.6 is 56.9 Å². The Balaban J connectivity index is 1.51. The minimum absolute atomic E-state index is 0.107. The zero-order valence-corrected chi connectivity index (χ0v) is 24.0. The lowest BCUT2D eigenvalue weighted by atomic mass is 10.1. The normalized spacial score (nSPS) is 11.2. The molecule has 1 aromatic heterocycles. The summed E-state index contributed by atoms with van der Waals surface area (Å²) in [6.07, 6.45) is 1.38. The van der Waals surface area contributed by atoms with Crippen LogP contribution < -0.4 is 15.1 Å². The monoisotopic (exact) mass is 709 g/mol. The van der Waals surface area contributed by atoms with Crippen LogP contribution in [-0.2, 0) is 4.79 Å². The number of benzene rings is 3. The van der Waals surface area contributed by atoms with Gasteiger partial charge >= 0.3 is 5.16 Å². The maximum absolute atomic E-state index is 12.5. The number of hydrazone groups is 1. The molecule has 1 amide bonds. The summed E-state index contributed by atoms with van der Waals surface area (Å²) in [5.74, 6) is 0.522. The molecule has 0 unspecified atom stereocenters. The molecular formula is C25H21I2N5O2S. The average Bonchev–Trinajstić information content (AvgIpc) is 3.25. The van der Waals surface area contributed by atoms with Crippen molar-refractivity contribution in [1.29, 1.82) is 0 Å². The van der Waals surface area contributed by atoms with Gasteiger partial charge in [-0.2, -0.15) is 9.67 Å². The minimum atomic E-state index is -0.297. The number of thioether (sulfide) groups is 1. The summed E-state index contributed by atoms with van der Waals surface area (Å²) in [6.45, 7) is 4.09. The first kappa shape index (κ1) is 25.6. The second-order valence-corrected chi connectivity index (χ2v) is 11.1. The predicted octanol–water partition coefficient (Wildman–Crippen LogP) is 4.50. The Morgan fingerprint density at radius 1 is 1.11 bits per heavy atom. The van der Waals surface area contributed by atoms with E-state index in [1.54, 1.807) is 12.1 Å². The first-order chi connectivity index (χ1) is 16.8. The van der Waals surface area contributed by atoms with Gasteiger partial charge in [0.15, 0.2) is 0 Å². The molecule has 7 nitrogen and oxygen atoms in total. The van der Waals surface area contributed by atoms with E-state index in [4.69, 9.17) is 0 Å². The summed E-state index contributed by atoms with van der Waals surface area (Å²) in [7, 11) is 0. The predicted molar refractivity (Wildman–Crippen MR) is 153 cm³/mol. The van der Waals surface area contributed by atoms with Crippen molar-refractivity contribution >= 4 is 69.1 Å². The molecule has 0 spiro atoms. The van der Waals surface area contributed by atoms with E-state index < -0.39 is 0 Å². The molecule has 1 heterocycles. The molecular weight excluding hydrogens is 688 g/mol. The Labute approximate surface area is 234 Å². The van der Waals surface area contributed by atoms with Crippen LogP contribution in [0.15, 0.2) is 70.9 Å². The zero-order valence-electron chi connectivity index (χ0n) is 18.9. The molecule has 0 bridgehead atoms. The molecule has 2 N–H and O–H groups in total. The van der Waals surface area contributed by atoms with Crippen LogP contribution in [0.3, 0.4) is 0 Å². The van der Waals surface area contributed by atoms with Gasteiger partial charge in [-0.25, -0.2) is 5.43 Å². The largest absolute Gasteiger partial charge is 0.871 e. The molecule has 0 saturated carbocycles. The maximum atomic E-state index is 12.5. The highest BCUT2D eigenvalue weighted by Crippen LogP contribution is 2.23. The lowest BCUT2D eigenvalue weighted by Crippen LogP contribution is -2.34. The summed E-state index contributed by atoms with van der Waals surface area (Å²) >= 11 is 5.43. The molecule has 35 heavy (non-hydrogen) atoms. The third-order valence-corrected chi connectivity index (χ3v) is 7.41. The third-order valence-electron chi connectivity index (χ3n) is 5.05. The molecule has 0 fully saturated rings. The van der Waals surface area contributed by atoms with Crippen molar-refractivity contribution in [1.82, 2.24) is 15.6 Å². The van der Waals surface area contributed by atoms with E-state index in [1.165, 1.54) is 23.5 Å². The SMILES string of the molecule is Cc1ccc(-c2[nH]nc(SCC(=O)NN=Cc3cc(I)cc(I)c3[O-])[n+]2-c2ccc(C)cc2)cc1. The Hall–Kier alpha value is -2.45. The van der Waals surface area contributed by atoms with E-state index >= 15 is 0 Å². The van der Waals surface area contributed by atoms with Gasteiger partial charge in [0.05, 0.1) is 22.6 Å². The van der Waals surface area contributed by atoms with Crippen LogP contribution in [0.5, 0.6) is 5.75 Å². The van der Waals surface area contributed by atoms with E-state index in [9.17, 15) is 9.90 Å². The summed E-state index contributed by atoms with van der Waals surface area (Å²) in [5, 5.41) is 24.4. The van der Waals surface area contributed by atoms with Crippen LogP contribution in [0.1, 0.15) is 16.7 Å². The van der Waals surface area contributed by atoms with Crippen LogP contribution in [-0.4, -0.2) is 28.1 Å². The maximum Gasteiger partial charge on any atom is 0.342 e. The lowest BCUT2D eigenvalue weighted by molar-refractivity contribution is -0.625. The fourth-order valence-electron chi connectivity index (χ4n) is 3.24. The molecule has 0 saturated heterocycles. The summed E-state index contributed by atoms with van der Waals surface area (Å²) in [4.78, 5) is 12.5. The zero-order chi connectivity index (χ0) is 24.9. The number of rotatable bonds is 7. The molecule has 3 aromatic carbocycles. The van der Waals surface area contributed by atoms with Crippen molar-refractivity contribution in [3.8, 4) is 22.8 Å². The molecule has 4 rings (SSSR count). The van der Waals surface area contributed by atoms with Crippen LogP contribution in [0, 0.1) is 21.0 Å². The first-order valence-electron chi connectivity index (χ1n) is 10.6. The standard InChI is InChI=1S/C25H21I2N5O2S/c1-15-3-7-17(8-4-15)24-30-31-25(32(24)20-9-5-16(2)6-10-20)35-14-22(33)29-28-13-18-11-19(26)12-21(27)23(18)34/h3-13H,14H2,1-2H3,(H2,28,29,33,34). The Morgan fingerprint density at radius 3 is 2.46 bits per heavy atom. The molecule has 0 aliphatic carbocycles. The van der Waals surface area contributed by atoms with Crippen molar-refractivity contribution in [2.45, 2.75) is 19.0 Å². The molecule has 4 aromatic rings. The number of hydrogen-bond acceptors (Lipinski definition) is 5. The number of hydrogen-bond donors (Lipinski definition) is 2. The van der Waals surface area contributed by atoms with Crippen molar-refractivity contribution in [2.24, 2.45) is 5.10 Å². The second kappa shape index (κ2) is 11.5. The molecule has 0 aliphatic rings. The number of nitrogens with one attached hydrogen (secondary N) is 2. The minimum Gasteiger partial charge on any atom is -0.871 e. The van der Waals surface area contributed by atoms with E-state index in [-0.39, 0.29) is 17.4 Å². The van der Waals surface area contributed by atoms with Crippen molar-refractivity contribution in [3.05, 3.63) is 84.5 Å². The Kier molecular flexibility index (Phi) is 8.44.